The van der Waals surface area contributed by atoms with Gasteiger partial charge in [0.25, 0.3) is 5.91 Å². The first-order valence-electron chi connectivity index (χ1n) is 5.61. The van der Waals surface area contributed by atoms with Crippen LogP contribution >= 0.6 is 0 Å². The normalized spacial score (nSPS) is 20.7. The first-order valence-corrected chi connectivity index (χ1v) is 5.61. The van der Waals surface area contributed by atoms with Crippen molar-refractivity contribution in [3.8, 4) is 0 Å². The maximum absolute atomic E-state index is 12.8. The predicted molar refractivity (Wildman–Crippen MR) is 62.2 cm³/mol. The van der Waals surface area contributed by atoms with Crippen LogP contribution in [0.25, 0.3) is 0 Å². The van der Waals surface area contributed by atoms with E-state index in [4.69, 9.17) is 10.5 Å². The molecular formula is C12H15FN2O2. The Balaban J connectivity index is 2.14. The quantitative estimate of drug-likeness (QED) is 0.851. The Kier molecular flexibility index (Phi) is 3.71. The number of ether oxygens (including phenoxy) is 1. The average molecular weight is 238 g/mol. The van der Waals surface area contributed by atoms with E-state index in [0.29, 0.717) is 31.8 Å². The molecule has 0 bridgehead atoms. The molecule has 0 saturated carbocycles. The van der Waals surface area contributed by atoms with Gasteiger partial charge >= 0.3 is 0 Å². The summed E-state index contributed by atoms with van der Waals surface area (Å²) in [7, 11) is 0. The third-order valence-electron chi connectivity index (χ3n) is 2.74. The summed E-state index contributed by atoms with van der Waals surface area (Å²) in [5.74, 6) is -0.415. The Bertz CT molecular complexity index is 392. The zero-order chi connectivity index (χ0) is 12.3. The number of anilines is 1. The Morgan fingerprint density at radius 3 is 2.76 bits per heavy atom. The lowest BCUT2D eigenvalue weighted by atomic mass is 10.1. The number of hydrogen-bond acceptors (Lipinski definition) is 3. The van der Waals surface area contributed by atoms with E-state index in [0.717, 1.165) is 0 Å². The van der Waals surface area contributed by atoms with Gasteiger partial charge in [-0.05, 0) is 37.2 Å². The van der Waals surface area contributed by atoms with Gasteiger partial charge in [-0.25, -0.2) is 4.39 Å². The second kappa shape index (κ2) is 5.25. The monoisotopic (exact) mass is 238 g/mol. The maximum atomic E-state index is 12.8. The Labute approximate surface area is 99.2 Å². The molecule has 0 aliphatic carbocycles. The highest BCUT2D eigenvalue weighted by Gasteiger charge is 2.29. The third-order valence-corrected chi connectivity index (χ3v) is 2.74. The van der Waals surface area contributed by atoms with E-state index >= 15 is 0 Å². The molecular weight excluding hydrogens is 223 g/mol. The van der Waals surface area contributed by atoms with Crippen LogP contribution in [-0.2, 0) is 9.53 Å². The molecule has 1 unspecified atom stereocenters. The van der Waals surface area contributed by atoms with Crippen LogP contribution in [-0.4, -0.2) is 31.7 Å². The summed E-state index contributed by atoms with van der Waals surface area (Å²) in [6.45, 7) is 1.38. The van der Waals surface area contributed by atoms with Crippen LogP contribution in [0.2, 0.25) is 0 Å². The molecule has 0 spiro atoms. The van der Waals surface area contributed by atoms with Gasteiger partial charge in [-0.15, -0.1) is 0 Å². The second-order valence-electron chi connectivity index (χ2n) is 3.90. The van der Waals surface area contributed by atoms with Gasteiger partial charge in [0.05, 0.1) is 6.61 Å². The number of carbonyl (C=O) groups excluding carboxylic acids is 1. The standard InChI is InChI=1S/C12H15FN2O2/c13-9-1-3-10(4-2-9)15-7-8-17-11(5-6-14)12(15)16/h1-4,11H,5-8,14H2. The van der Waals surface area contributed by atoms with Gasteiger partial charge in [-0.2, -0.15) is 0 Å². The number of carbonyl (C=O) groups is 1. The van der Waals surface area contributed by atoms with Gasteiger partial charge in [0.15, 0.2) is 0 Å². The molecule has 1 aromatic carbocycles. The summed E-state index contributed by atoms with van der Waals surface area (Å²) in [6.07, 6.45) is 0.0371. The van der Waals surface area contributed by atoms with Crippen molar-refractivity contribution in [2.75, 3.05) is 24.6 Å². The molecule has 17 heavy (non-hydrogen) atoms. The third kappa shape index (κ3) is 2.62. The highest BCUT2D eigenvalue weighted by atomic mass is 19.1. The molecule has 1 aromatic rings. The maximum Gasteiger partial charge on any atom is 0.256 e. The molecule has 1 atom stereocenters. The highest BCUT2D eigenvalue weighted by molar-refractivity contribution is 5.97. The van der Waals surface area contributed by atoms with Crippen LogP contribution < -0.4 is 10.6 Å². The minimum atomic E-state index is -0.473. The van der Waals surface area contributed by atoms with Crippen LogP contribution in [0.15, 0.2) is 24.3 Å². The van der Waals surface area contributed by atoms with E-state index < -0.39 is 6.10 Å². The van der Waals surface area contributed by atoms with Crippen molar-refractivity contribution in [3.63, 3.8) is 0 Å². The molecule has 2 N–H and O–H groups in total. The predicted octanol–water partition coefficient (Wildman–Crippen LogP) is 0.906. The van der Waals surface area contributed by atoms with Crippen LogP contribution in [0, 0.1) is 5.82 Å². The summed E-state index contributed by atoms with van der Waals surface area (Å²) in [4.78, 5) is 13.7. The molecule has 1 aliphatic heterocycles. The zero-order valence-corrected chi connectivity index (χ0v) is 9.43. The van der Waals surface area contributed by atoms with E-state index in [2.05, 4.69) is 0 Å². The van der Waals surface area contributed by atoms with E-state index in [1.807, 2.05) is 0 Å². The zero-order valence-electron chi connectivity index (χ0n) is 9.43. The van der Waals surface area contributed by atoms with Crippen LogP contribution in [0.3, 0.4) is 0 Å². The van der Waals surface area contributed by atoms with Crippen molar-refractivity contribution < 1.29 is 13.9 Å². The molecule has 1 amide bonds. The fourth-order valence-electron chi connectivity index (χ4n) is 1.88. The number of nitrogens with two attached hydrogens (primary N) is 1. The SMILES string of the molecule is NCCC1OCCN(c2ccc(F)cc2)C1=O. The number of halogens is 1. The summed E-state index contributed by atoms with van der Waals surface area (Å²) in [5, 5.41) is 0. The molecule has 2 rings (SSSR count). The molecule has 4 nitrogen and oxygen atoms in total. The van der Waals surface area contributed by atoms with Crippen molar-refractivity contribution in [1.29, 1.82) is 0 Å². The Hall–Kier alpha value is -1.46. The van der Waals surface area contributed by atoms with Gasteiger partial charge in [0, 0.05) is 12.2 Å². The topological polar surface area (TPSA) is 55.6 Å². The van der Waals surface area contributed by atoms with E-state index in [-0.39, 0.29) is 11.7 Å². The van der Waals surface area contributed by atoms with E-state index in [9.17, 15) is 9.18 Å². The number of rotatable bonds is 3. The lowest BCUT2D eigenvalue weighted by Gasteiger charge is -2.32. The Morgan fingerprint density at radius 1 is 1.41 bits per heavy atom. The minimum Gasteiger partial charge on any atom is -0.366 e. The van der Waals surface area contributed by atoms with Crippen molar-refractivity contribution in [3.05, 3.63) is 30.1 Å². The van der Waals surface area contributed by atoms with Crippen LogP contribution in [0.1, 0.15) is 6.42 Å². The van der Waals surface area contributed by atoms with Crippen molar-refractivity contribution in [2.24, 2.45) is 5.73 Å². The molecule has 1 aliphatic rings. The van der Waals surface area contributed by atoms with Crippen LogP contribution in [0.4, 0.5) is 10.1 Å². The highest BCUT2D eigenvalue weighted by Crippen LogP contribution is 2.20. The molecule has 92 valence electrons. The van der Waals surface area contributed by atoms with Crippen molar-refractivity contribution in [1.82, 2.24) is 0 Å². The molecule has 5 heteroatoms. The largest absolute Gasteiger partial charge is 0.366 e. The summed E-state index contributed by atoms with van der Waals surface area (Å²) in [5.41, 5.74) is 6.12. The first kappa shape index (κ1) is 12.0. The fourth-order valence-corrected chi connectivity index (χ4v) is 1.88. The second-order valence-corrected chi connectivity index (χ2v) is 3.90. The lowest BCUT2D eigenvalue weighted by molar-refractivity contribution is -0.134. The Morgan fingerprint density at radius 2 is 2.12 bits per heavy atom. The van der Waals surface area contributed by atoms with E-state index in [1.54, 1.807) is 17.0 Å². The first-order chi connectivity index (χ1) is 8.22. The number of morpholine rings is 1. The van der Waals surface area contributed by atoms with Gasteiger partial charge in [0.1, 0.15) is 11.9 Å². The molecule has 1 saturated heterocycles. The fraction of sp³-hybridized carbons (Fsp3) is 0.417. The van der Waals surface area contributed by atoms with Crippen molar-refractivity contribution in [2.45, 2.75) is 12.5 Å². The summed E-state index contributed by atoms with van der Waals surface area (Å²) in [6, 6.07) is 5.88. The lowest BCUT2D eigenvalue weighted by Crippen LogP contribution is -2.48. The van der Waals surface area contributed by atoms with Gasteiger partial charge in [-0.3, -0.25) is 4.79 Å². The molecule has 0 aromatic heterocycles. The van der Waals surface area contributed by atoms with Gasteiger partial charge in [0.2, 0.25) is 0 Å². The summed E-state index contributed by atoms with van der Waals surface area (Å²) < 4.78 is 18.2. The summed E-state index contributed by atoms with van der Waals surface area (Å²) >= 11 is 0. The average Bonchev–Trinajstić information content (AvgIpc) is 2.34. The number of amides is 1. The van der Waals surface area contributed by atoms with Gasteiger partial charge < -0.3 is 15.4 Å². The smallest absolute Gasteiger partial charge is 0.256 e. The molecule has 1 fully saturated rings. The number of nitrogens with zero attached hydrogens (tertiary/aromatic N) is 1. The van der Waals surface area contributed by atoms with E-state index in [1.165, 1.54) is 12.1 Å². The minimum absolute atomic E-state index is 0.103. The molecule has 0 radical (unpaired) electrons. The van der Waals surface area contributed by atoms with Crippen molar-refractivity contribution >= 4 is 11.6 Å². The van der Waals surface area contributed by atoms with Gasteiger partial charge in [-0.1, -0.05) is 0 Å². The molecule has 1 heterocycles. The number of benzene rings is 1. The number of hydrogen-bond donors (Lipinski definition) is 1. The van der Waals surface area contributed by atoms with Crippen LogP contribution in [0.5, 0.6) is 0 Å².